The molecule has 2 heterocycles. The van der Waals surface area contributed by atoms with E-state index in [0.29, 0.717) is 11.3 Å². The van der Waals surface area contributed by atoms with Crippen LogP contribution in [0.2, 0.25) is 0 Å². The molecule has 6 heteroatoms. The Bertz CT molecular complexity index is 954. The van der Waals surface area contributed by atoms with Gasteiger partial charge in [-0.25, -0.2) is 0 Å². The van der Waals surface area contributed by atoms with Crippen molar-refractivity contribution >= 4 is 22.7 Å². The molecule has 2 N–H and O–H groups in total. The van der Waals surface area contributed by atoms with Crippen molar-refractivity contribution in [3.05, 3.63) is 72.2 Å². The first kappa shape index (κ1) is 16.2. The highest BCUT2D eigenvalue weighted by Crippen LogP contribution is 2.21. The van der Waals surface area contributed by atoms with E-state index in [4.69, 9.17) is 0 Å². The van der Waals surface area contributed by atoms with Gasteiger partial charge in [-0.15, -0.1) is 0 Å². The fourth-order valence-corrected chi connectivity index (χ4v) is 2.76. The Morgan fingerprint density at radius 3 is 2.62 bits per heavy atom. The van der Waals surface area contributed by atoms with Gasteiger partial charge >= 0.3 is 0 Å². The predicted molar refractivity (Wildman–Crippen MR) is 97.4 cm³/mol. The molecular weight excluding hydrogens is 328 g/mol. The summed E-state index contributed by atoms with van der Waals surface area (Å²) in [5.41, 5.74) is 1.81. The zero-order valence-electron chi connectivity index (χ0n) is 14.1. The molecule has 0 bridgehead atoms. The van der Waals surface area contributed by atoms with Crippen molar-refractivity contribution in [2.24, 2.45) is 0 Å². The highest BCUT2D eigenvalue weighted by atomic mass is 16.2. The number of hydrogen-bond donors (Lipinski definition) is 2. The molecule has 2 aromatic heterocycles. The molecule has 2 amide bonds. The van der Waals surface area contributed by atoms with Gasteiger partial charge in [-0.3, -0.25) is 19.6 Å². The Hall–Kier alpha value is -3.28. The lowest BCUT2D eigenvalue weighted by Crippen LogP contribution is -2.41. The molecular formula is C20H18N4O2. The molecule has 1 saturated carbocycles. The molecule has 1 aliphatic rings. The summed E-state index contributed by atoms with van der Waals surface area (Å²) in [5.74, 6) is -0.556. The maximum absolute atomic E-state index is 12.7. The standard InChI is InChI=1S/C20H18N4O2/c25-19(14-6-9-16-13(12-14)4-3-11-21-16)24-18(17-5-1-2-10-22-17)20(26)23-15-7-8-15/h1-6,9-12,15,18H,7-8H2,(H,23,26)(H,24,25). The van der Waals surface area contributed by atoms with Gasteiger partial charge in [0.1, 0.15) is 0 Å². The minimum absolute atomic E-state index is 0.206. The van der Waals surface area contributed by atoms with Crippen LogP contribution in [0.15, 0.2) is 60.9 Å². The molecule has 0 spiro atoms. The van der Waals surface area contributed by atoms with E-state index in [1.54, 1.807) is 48.8 Å². The van der Waals surface area contributed by atoms with Gasteiger partial charge in [0.05, 0.1) is 11.2 Å². The molecule has 130 valence electrons. The van der Waals surface area contributed by atoms with Crippen LogP contribution in [0.4, 0.5) is 0 Å². The minimum atomic E-state index is -0.825. The van der Waals surface area contributed by atoms with E-state index in [1.807, 2.05) is 12.1 Å². The Morgan fingerprint density at radius 2 is 1.85 bits per heavy atom. The number of nitrogens with one attached hydrogen (secondary N) is 2. The highest BCUT2D eigenvalue weighted by Gasteiger charge is 2.30. The average Bonchev–Trinajstić information content (AvgIpc) is 3.50. The summed E-state index contributed by atoms with van der Waals surface area (Å²) in [6.45, 7) is 0. The summed E-state index contributed by atoms with van der Waals surface area (Å²) in [6, 6.07) is 13.7. The summed E-state index contributed by atoms with van der Waals surface area (Å²) in [7, 11) is 0. The highest BCUT2D eigenvalue weighted by molar-refractivity contribution is 6.00. The number of amides is 2. The lowest BCUT2D eigenvalue weighted by molar-refractivity contribution is -0.123. The number of aromatic nitrogens is 2. The SMILES string of the molecule is O=C(NC(C(=O)NC1CC1)c1ccccn1)c1ccc2ncccc2c1. The van der Waals surface area contributed by atoms with Crippen LogP contribution in [0.5, 0.6) is 0 Å². The Kier molecular flexibility index (Phi) is 4.31. The quantitative estimate of drug-likeness (QED) is 0.743. The van der Waals surface area contributed by atoms with E-state index in [0.717, 1.165) is 23.7 Å². The van der Waals surface area contributed by atoms with Crippen molar-refractivity contribution in [1.29, 1.82) is 0 Å². The van der Waals surface area contributed by atoms with Gasteiger partial charge < -0.3 is 10.6 Å². The third kappa shape index (κ3) is 3.54. The molecule has 26 heavy (non-hydrogen) atoms. The fourth-order valence-electron chi connectivity index (χ4n) is 2.76. The zero-order valence-corrected chi connectivity index (χ0v) is 14.1. The van der Waals surface area contributed by atoms with Crippen molar-refractivity contribution in [2.75, 3.05) is 0 Å². The summed E-state index contributed by atoms with van der Waals surface area (Å²) >= 11 is 0. The fraction of sp³-hybridized carbons (Fsp3) is 0.200. The number of nitrogens with zero attached hydrogens (tertiary/aromatic N) is 2. The van der Waals surface area contributed by atoms with Crippen LogP contribution in [0.25, 0.3) is 10.9 Å². The van der Waals surface area contributed by atoms with Crippen LogP contribution in [0.3, 0.4) is 0 Å². The largest absolute Gasteiger partial charge is 0.351 e. The van der Waals surface area contributed by atoms with E-state index in [9.17, 15) is 9.59 Å². The van der Waals surface area contributed by atoms with Crippen LogP contribution in [-0.2, 0) is 4.79 Å². The number of hydrogen-bond acceptors (Lipinski definition) is 4. The second-order valence-corrected chi connectivity index (χ2v) is 6.35. The Morgan fingerprint density at radius 1 is 1.00 bits per heavy atom. The number of carbonyl (C=O) groups excluding carboxylic acids is 2. The molecule has 1 aromatic carbocycles. The minimum Gasteiger partial charge on any atom is -0.351 e. The number of benzene rings is 1. The average molecular weight is 346 g/mol. The number of rotatable bonds is 5. The Balaban J connectivity index is 1.59. The first-order valence-electron chi connectivity index (χ1n) is 8.58. The molecule has 4 rings (SSSR count). The van der Waals surface area contributed by atoms with Crippen molar-refractivity contribution in [3.8, 4) is 0 Å². The molecule has 1 aliphatic carbocycles. The maximum Gasteiger partial charge on any atom is 0.252 e. The number of fused-ring (bicyclic) bond motifs is 1. The van der Waals surface area contributed by atoms with Gasteiger partial charge in [0.2, 0.25) is 5.91 Å². The second-order valence-electron chi connectivity index (χ2n) is 6.35. The van der Waals surface area contributed by atoms with E-state index in [-0.39, 0.29) is 17.9 Å². The lowest BCUT2D eigenvalue weighted by Gasteiger charge is -2.18. The van der Waals surface area contributed by atoms with Crippen molar-refractivity contribution in [1.82, 2.24) is 20.6 Å². The summed E-state index contributed by atoms with van der Waals surface area (Å²) < 4.78 is 0. The summed E-state index contributed by atoms with van der Waals surface area (Å²) in [5, 5.41) is 6.62. The Labute approximate surface area is 150 Å². The monoisotopic (exact) mass is 346 g/mol. The van der Waals surface area contributed by atoms with Gasteiger partial charge in [-0.2, -0.15) is 0 Å². The third-order valence-corrected chi connectivity index (χ3v) is 4.31. The second kappa shape index (κ2) is 6.92. The smallest absolute Gasteiger partial charge is 0.252 e. The first-order valence-corrected chi connectivity index (χ1v) is 8.58. The van der Waals surface area contributed by atoms with Gasteiger partial charge in [0.15, 0.2) is 6.04 Å². The van der Waals surface area contributed by atoms with E-state index >= 15 is 0 Å². The molecule has 1 atom stereocenters. The van der Waals surface area contributed by atoms with Gasteiger partial charge in [-0.05, 0) is 49.2 Å². The molecule has 1 fully saturated rings. The topological polar surface area (TPSA) is 84.0 Å². The van der Waals surface area contributed by atoms with Gasteiger partial charge in [0.25, 0.3) is 5.91 Å². The van der Waals surface area contributed by atoms with E-state index in [1.165, 1.54) is 0 Å². The van der Waals surface area contributed by atoms with Crippen LogP contribution >= 0.6 is 0 Å². The van der Waals surface area contributed by atoms with Crippen LogP contribution in [0, 0.1) is 0 Å². The van der Waals surface area contributed by atoms with Crippen LogP contribution in [-0.4, -0.2) is 27.8 Å². The molecule has 3 aromatic rings. The van der Waals surface area contributed by atoms with Gasteiger partial charge in [-0.1, -0.05) is 12.1 Å². The van der Waals surface area contributed by atoms with Crippen molar-refractivity contribution < 1.29 is 9.59 Å². The number of carbonyl (C=O) groups is 2. The van der Waals surface area contributed by atoms with Gasteiger partial charge in [0, 0.05) is 29.4 Å². The lowest BCUT2D eigenvalue weighted by atomic mass is 10.1. The molecule has 6 nitrogen and oxygen atoms in total. The predicted octanol–water partition coefficient (Wildman–Crippen LogP) is 2.38. The summed E-state index contributed by atoms with van der Waals surface area (Å²) in [6.07, 6.45) is 5.28. The molecule has 0 saturated heterocycles. The maximum atomic E-state index is 12.7. The molecule has 0 radical (unpaired) electrons. The van der Waals surface area contributed by atoms with E-state index in [2.05, 4.69) is 20.6 Å². The van der Waals surface area contributed by atoms with Crippen molar-refractivity contribution in [2.45, 2.75) is 24.9 Å². The third-order valence-electron chi connectivity index (χ3n) is 4.31. The zero-order chi connectivity index (χ0) is 17.9. The first-order chi connectivity index (χ1) is 12.7. The van der Waals surface area contributed by atoms with Crippen molar-refractivity contribution in [3.63, 3.8) is 0 Å². The molecule has 0 aliphatic heterocycles. The number of pyridine rings is 2. The van der Waals surface area contributed by atoms with Crippen LogP contribution < -0.4 is 10.6 Å². The van der Waals surface area contributed by atoms with E-state index < -0.39 is 6.04 Å². The van der Waals surface area contributed by atoms with Crippen LogP contribution in [0.1, 0.15) is 34.9 Å². The normalized spacial score (nSPS) is 14.6. The summed E-state index contributed by atoms with van der Waals surface area (Å²) in [4.78, 5) is 33.8. The molecule has 1 unspecified atom stereocenters.